The molecule has 0 saturated heterocycles. The van der Waals surface area contributed by atoms with Crippen LogP contribution in [0.15, 0.2) is 24.3 Å². The number of carboxylic acids is 1. The van der Waals surface area contributed by atoms with E-state index in [-0.39, 0.29) is 17.6 Å². The van der Waals surface area contributed by atoms with Crippen LogP contribution in [0.4, 0.5) is 5.69 Å². The maximum absolute atomic E-state index is 12.2. The highest BCUT2D eigenvalue weighted by molar-refractivity contribution is 7.99. The number of carboxylic acid groups (broad SMARTS) is 1. The van der Waals surface area contributed by atoms with E-state index in [0.29, 0.717) is 11.4 Å². The van der Waals surface area contributed by atoms with Crippen molar-refractivity contribution in [3.05, 3.63) is 29.8 Å². The van der Waals surface area contributed by atoms with Gasteiger partial charge < -0.3 is 15.7 Å². The topological polar surface area (TPSA) is 95.5 Å². The molecule has 1 unspecified atom stereocenters. The van der Waals surface area contributed by atoms with Crippen LogP contribution in [0.5, 0.6) is 0 Å². The van der Waals surface area contributed by atoms with E-state index in [4.69, 9.17) is 5.11 Å². The van der Waals surface area contributed by atoms with Gasteiger partial charge in [-0.1, -0.05) is 32.9 Å². The van der Waals surface area contributed by atoms with Crippen molar-refractivity contribution < 1.29 is 19.5 Å². The third-order valence-electron chi connectivity index (χ3n) is 3.11. The normalized spacial score (nSPS) is 12.3. The molecular weight excluding hydrogens is 328 g/mol. The summed E-state index contributed by atoms with van der Waals surface area (Å²) < 4.78 is 0. The molecule has 0 bridgehead atoms. The Hall–Kier alpha value is -2.02. The first-order valence-corrected chi connectivity index (χ1v) is 8.75. The molecule has 1 rings (SSSR count). The van der Waals surface area contributed by atoms with E-state index in [1.165, 1.54) is 11.8 Å². The van der Waals surface area contributed by atoms with Gasteiger partial charge in [0.2, 0.25) is 11.8 Å². The first kappa shape index (κ1) is 20.0. The van der Waals surface area contributed by atoms with Crippen molar-refractivity contribution in [3.63, 3.8) is 0 Å². The predicted molar refractivity (Wildman–Crippen MR) is 95.9 cm³/mol. The molecule has 0 fully saturated rings. The molecule has 0 radical (unpaired) electrons. The molecule has 0 aromatic heterocycles. The summed E-state index contributed by atoms with van der Waals surface area (Å²) in [5.41, 5.74) is 0.978. The van der Waals surface area contributed by atoms with E-state index in [1.54, 1.807) is 45.9 Å². The lowest BCUT2D eigenvalue weighted by Gasteiger charge is -2.21. The molecule has 0 spiro atoms. The van der Waals surface area contributed by atoms with Gasteiger partial charge in [0.25, 0.3) is 0 Å². The number of anilines is 1. The zero-order valence-electron chi connectivity index (χ0n) is 14.4. The molecule has 0 heterocycles. The zero-order chi connectivity index (χ0) is 18.3. The smallest absolute Gasteiger partial charge is 0.313 e. The molecule has 7 heteroatoms. The Morgan fingerprint density at radius 3 is 2.50 bits per heavy atom. The van der Waals surface area contributed by atoms with Crippen molar-refractivity contribution in [2.75, 3.05) is 11.1 Å². The predicted octanol–water partition coefficient (Wildman–Crippen LogP) is 2.49. The summed E-state index contributed by atoms with van der Waals surface area (Å²) in [6, 6.07) is 6.56. The van der Waals surface area contributed by atoms with Crippen LogP contribution in [0.25, 0.3) is 0 Å². The number of nitrogens with one attached hydrogen (secondary N) is 2. The third-order valence-corrected chi connectivity index (χ3v) is 4.10. The lowest BCUT2D eigenvalue weighted by molar-refractivity contribution is -0.134. The molecule has 1 atom stereocenters. The van der Waals surface area contributed by atoms with Crippen LogP contribution in [-0.2, 0) is 20.1 Å². The molecule has 24 heavy (non-hydrogen) atoms. The summed E-state index contributed by atoms with van der Waals surface area (Å²) in [6.07, 6.45) is 0. The van der Waals surface area contributed by atoms with Crippen LogP contribution in [0.3, 0.4) is 0 Å². The second kappa shape index (κ2) is 8.73. The van der Waals surface area contributed by atoms with Gasteiger partial charge in [0.15, 0.2) is 0 Å². The lowest BCUT2D eigenvalue weighted by atomic mass is 9.95. The number of hydrogen-bond acceptors (Lipinski definition) is 4. The van der Waals surface area contributed by atoms with Crippen molar-refractivity contribution >= 4 is 35.2 Å². The first-order valence-electron chi connectivity index (χ1n) is 7.60. The molecule has 132 valence electrons. The average molecular weight is 352 g/mol. The highest BCUT2D eigenvalue weighted by Gasteiger charge is 2.25. The number of amides is 2. The number of thioether (sulfide) groups is 1. The van der Waals surface area contributed by atoms with Crippen LogP contribution in [0, 0.1) is 5.41 Å². The quantitative estimate of drug-likeness (QED) is 0.701. The number of carbonyl (C=O) groups excluding carboxylic acids is 2. The molecule has 0 saturated carbocycles. The van der Waals surface area contributed by atoms with Gasteiger partial charge in [0.05, 0.1) is 5.75 Å². The van der Waals surface area contributed by atoms with Crippen molar-refractivity contribution in [2.45, 2.75) is 39.5 Å². The van der Waals surface area contributed by atoms with E-state index in [1.807, 2.05) is 6.07 Å². The fourth-order valence-electron chi connectivity index (χ4n) is 1.72. The molecule has 0 aliphatic rings. The third kappa shape index (κ3) is 7.04. The number of benzene rings is 1. The van der Waals surface area contributed by atoms with Gasteiger partial charge in [-0.15, -0.1) is 11.8 Å². The minimum atomic E-state index is -0.854. The second-order valence-electron chi connectivity index (χ2n) is 6.52. The Morgan fingerprint density at radius 1 is 1.25 bits per heavy atom. The Labute approximate surface area is 146 Å². The van der Waals surface area contributed by atoms with Gasteiger partial charge in [0, 0.05) is 16.9 Å². The summed E-state index contributed by atoms with van der Waals surface area (Å²) in [5.74, 6) is -0.765. The van der Waals surface area contributed by atoms with Gasteiger partial charge in [-0.25, -0.2) is 0 Å². The van der Waals surface area contributed by atoms with Crippen LogP contribution in [0.2, 0.25) is 0 Å². The van der Waals surface area contributed by atoms with E-state index >= 15 is 0 Å². The van der Waals surface area contributed by atoms with E-state index in [9.17, 15) is 14.4 Å². The second-order valence-corrected chi connectivity index (χ2v) is 7.51. The summed E-state index contributed by atoms with van der Waals surface area (Å²) in [5, 5.41) is 14.1. The molecule has 6 nitrogen and oxygen atoms in total. The number of rotatable bonds is 7. The van der Waals surface area contributed by atoms with Gasteiger partial charge in [0.1, 0.15) is 6.04 Å². The fourth-order valence-corrected chi connectivity index (χ4v) is 2.42. The molecule has 0 aliphatic carbocycles. The van der Waals surface area contributed by atoms with Crippen molar-refractivity contribution in [2.24, 2.45) is 5.41 Å². The standard InChI is InChI=1S/C17H24N2O4S/c1-11(18-16(23)17(2,3)4)15(22)19-13-7-5-6-12(8-13)9-24-10-14(20)21/h5-8,11H,9-10H2,1-4H3,(H,18,23)(H,19,22)(H,20,21). The Balaban J connectivity index is 2.60. The fraction of sp³-hybridized carbons (Fsp3) is 0.471. The number of aliphatic carboxylic acids is 1. The highest BCUT2D eigenvalue weighted by atomic mass is 32.2. The molecule has 3 N–H and O–H groups in total. The molecule has 0 aliphatic heterocycles. The Kier molecular flexibility index (Phi) is 7.28. The molecule has 1 aromatic carbocycles. The van der Waals surface area contributed by atoms with Crippen LogP contribution in [0.1, 0.15) is 33.3 Å². The Bertz CT molecular complexity index is 611. The minimum absolute atomic E-state index is 0.0342. The minimum Gasteiger partial charge on any atom is -0.481 e. The maximum Gasteiger partial charge on any atom is 0.313 e. The van der Waals surface area contributed by atoms with Crippen LogP contribution in [-0.4, -0.2) is 34.7 Å². The molecular formula is C17H24N2O4S. The maximum atomic E-state index is 12.2. The Morgan fingerprint density at radius 2 is 1.92 bits per heavy atom. The summed E-state index contributed by atoms with van der Waals surface area (Å²) in [4.78, 5) is 34.6. The van der Waals surface area contributed by atoms with Crippen molar-refractivity contribution in [3.8, 4) is 0 Å². The highest BCUT2D eigenvalue weighted by Crippen LogP contribution is 2.17. The van der Waals surface area contributed by atoms with E-state index in [0.717, 1.165) is 5.56 Å². The SMILES string of the molecule is CC(NC(=O)C(C)(C)C)C(=O)Nc1cccc(CSCC(=O)O)c1. The summed E-state index contributed by atoms with van der Waals surface area (Å²) in [6.45, 7) is 6.98. The largest absolute Gasteiger partial charge is 0.481 e. The van der Waals surface area contributed by atoms with Crippen LogP contribution < -0.4 is 10.6 Å². The summed E-state index contributed by atoms with van der Waals surface area (Å²) >= 11 is 1.29. The van der Waals surface area contributed by atoms with Crippen molar-refractivity contribution in [1.82, 2.24) is 5.32 Å². The summed E-state index contributed by atoms with van der Waals surface area (Å²) in [7, 11) is 0. The van der Waals surface area contributed by atoms with Crippen LogP contribution >= 0.6 is 11.8 Å². The van der Waals surface area contributed by atoms with Gasteiger partial charge in [-0.2, -0.15) is 0 Å². The lowest BCUT2D eigenvalue weighted by Crippen LogP contribution is -2.46. The number of carbonyl (C=O) groups is 3. The monoisotopic (exact) mass is 352 g/mol. The van der Waals surface area contributed by atoms with Gasteiger partial charge in [-0.05, 0) is 24.6 Å². The van der Waals surface area contributed by atoms with E-state index < -0.39 is 17.4 Å². The van der Waals surface area contributed by atoms with Gasteiger partial charge in [-0.3, -0.25) is 14.4 Å². The zero-order valence-corrected chi connectivity index (χ0v) is 15.2. The van der Waals surface area contributed by atoms with E-state index in [2.05, 4.69) is 10.6 Å². The van der Waals surface area contributed by atoms with Crippen molar-refractivity contribution in [1.29, 1.82) is 0 Å². The molecule has 1 aromatic rings. The average Bonchev–Trinajstić information content (AvgIpc) is 2.46. The number of hydrogen-bond donors (Lipinski definition) is 3. The van der Waals surface area contributed by atoms with Gasteiger partial charge >= 0.3 is 5.97 Å². The molecule has 2 amide bonds. The first-order chi connectivity index (χ1) is 11.1.